The molecule has 0 saturated carbocycles. The summed E-state index contributed by atoms with van der Waals surface area (Å²) in [5, 5.41) is 0. The van der Waals surface area contributed by atoms with Gasteiger partial charge < -0.3 is 0 Å². The first-order valence-electron chi connectivity index (χ1n) is 7.36. The molecule has 0 heterocycles. The van der Waals surface area contributed by atoms with Crippen LogP contribution in [-0.4, -0.2) is 5.78 Å². The van der Waals surface area contributed by atoms with Crippen LogP contribution in [0.1, 0.15) is 15.9 Å². The molecule has 0 unspecified atom stereocenters. The van der Waals surface area contributed by atoms with Crippen LogP contribution < -0.4 is 0 Å². The molecule has 1 nitrogen and oxygen atoms in total. The Morgan fingerprint density at radius 3 is 2.30 bits per heavy atom. The van der Waals surface area contributed by atoms with E-state index in [0.29, 0.717) is 5.56 Å². The van der Waals surface area contributed by atoms with Crippen LogP contribution in [-0.2, 0) is 0 Å². The second-order valence-electron chi connectivity index (χ2n) is 5.20. The molecule has 23 heavy (non-hydrogen) atoms. The highest BCUT2D eigenvalue weighted by atomic mass is 79.9. The molecule has 0 radical (unpaired) electrons. The van der Waals surface area contributed by atoms with E-state index in [4.69, 9.17) is 0 Å². The number of carbonyl (C=O) groups excluding carboxylic acids is 1. The van der Waals surface area contributed by atoms with Crippen molar-refractivity contribution in [2.45, 2.75) is 0 Å². The van der Waals surface area contributed by atoms with E-state index in [-0.39, 0.29) is 5.78 Å². The number of allylic oxidation sites excluding steroid dienone is 1. The summed E-state index contributed by atoms with van der Waals surface area (Å²) in [5.41, 5.74) is 3.84. The Bertz CT molecular complexity index is 850. The predicted molar refractivity (Wildman–Crippen MR) is 99.4 cm³/mol. The van der Waals surface area contributed by atoms with Gasteiger partial charge in [0.2, 0.25) is 0 Å². The van der Waals surface area contributed by atoms with Gasteiger partial charge in [0, 0.05) is 10.0 Å². The topological polar surface area (TPSA) is 17.1 Å². The van der Waals surface area contributed by atoms with Crippen molar-refractivity contribution in [1.29, 1.82) is 0 Å². The highest BCUT2D eigenvalue weighted by molar-refractivity contribution is 9.10. The Morgan fingerprint density at radius 2 is 1.52 bits per heavy atom. The van der Waals surface area contributed by atoms with Crippen LogP contribution in [0.3, 0.4) is 0 Å². The maximum atomic E-state index is 12.4. The van der Waals surface area contributed by atoms with Crippen molar-refractivity contribution in [2.75, 3.05) is 0 Å². The molecule has 0 atom stereocenters. The van der Waals surface area contributed by atoms with Crippen LogP contribution in [0.25, 0.3) is 17.2 Å². The average molecular weight is 363 g/mol. The van der Waals surface area contributed by atoms with Gasteiger partial charge in [0.15, 0.2) is 5.78 Å². The lowest BCUT2D eigenvalue weighted by Gasteiger charge is -2.03. The fourth-order valence-corrected chi connectivity index (χ4v) is 2.78. The van der Waals surface area contributed by atoms with Crippen molar-refractivity contribution >= 4 is 27.8 Å². The van der Waals surface area contributed by atoms with E-state index in [2.05, 4.69) is 15.9 Å². The Balaban J connectivity index is 1.83. The fourth-order valence-electron chi connectivity index (χ4n) is 2.36. The van der Waals surface area contributed by atoms with E-state index >= 15 is 0 Å². The molecule has 0 saturated heterocycles. The second-order valence-corrected chi connectivity index (χ2v) is 6.12. The van der Waals surface area contributed by atoms with Gasteiger partial charge >= 0.3 is 0 Å². The van der Waals surface area contributed by atoms with E-state index in [0.717, 1.165) is 21.2 Å². The SMILES string of the molecule is O=C(C=Cc1cccc(Br)c1)c1cccc(-c2ccccc2)c1. The summed E-state index contributed by atoms with van der Waals surface area (Å²) in [7, 11) is 0. The van der Waals surface area contributed by atoms with Crippen LogP contribution in [0.5, 0.6) is 0 Å². The minimum atomic E-state index is 0.00255. The lowest BCUT2D eigenvalue weighted by atomic mass is 10.0. The standard InChI is InChI=1S/C21H15BrO/c22-20-11-4-6-16(14-20)12-13-21(23)19-10-5-9-18(15-19)17-7-2-1-3-8-17/h1-15H. The zero-order valence-corrected chi connectivity index (χ0v) is 14.0. The van der Waals surface area contributed by atoms with Crippen molar-refractivity contribution in [3.8, 4) is 11.1 Å². The summed E-state index contributed by atoms with van der Waals surface area (Å²) in [5.74, 6) is 0.00255. The summed E-state index contributed by atoms with van der Waals surface area (Å²) in [6.45, 7) is 0. The molecule has 3 aromatic rings. The number of benzene rings is 3. The van der Waals surface area contributed by atoms with Crippen LogP contribution >= 0.6 is 15.9 Å². The van der Waals surface area contributed by atoms with Gasteiger partial charge in [-0.15, -0.1) is 0 Å². The summed E-state index contributed by atoms with van der Waals surface area (Å²) < 4.78 is 0.998. The number of hydrogen-bond acceptors (Lipinski definition) is 1. The Kier molecular flexibility index (Phi) is 4.84. The Hall–Kier alpha value is -2.45. The maximum absolute atomic E-state index is 12.4. The summed E-state index contributed by atoms with van der Waals surface area (Å²) in [6.07, 6.45) is 3.45. The van der Waals surface area contributed by atoms with E-state index in [1.165, 1.54) is 0 Å². The summed E-state index contributed by atoms with van der Waals surface area (Å²) in [4.78, 5) is 12.4. The zero-order chi connectivity index (χ0) is 16.1. The summed E-state index contributed by atoms with van der Waals surface area (Å²) >= 11 is 3.43. The van der Waals surface area contributed by atoms with Crippen molar-refractivity contribution < 1.29 is 4.79 Å². The normalized spacial score (nSPS) is 10.8. The molecular weight excluding hydrogens is 348 g/mol. The van der Waals surface area contributed by atoms with Crippen LogP contribution in [0.15, 0.2) is 89.4 Å². The molecule has 0 aliphatic heterocycles. The molecule has 3 aromatic carbocycles. The average Bonchev–Trinajstić information content (AvgIpc) is 2.61. The van der Waals surface area contributed by atoms with Gasteiger partial charge in [-0.05, 0) is 41.0 Å². The molecule has 0 N–H and O–H groups in total. The molecule has 0 aliphatic carbocycles. The van der Waals surface area contributed by atoms with Crippen molar-refractivity contribution in [1.82, 2.24) is 0 Å². The monoisotopic (exact) mass is 362 g/mol. The molecule has 3 rings (SSSR count). The lowest BCUT2D eigenvalue weighted by molar-refractivity contribution is 0.104. The van der Waals surface area contributed by atoms with Crippen molar-refractivity contribution in [3.05, 3.63) is 101 Å². The molecule has 2 heteroatoms. The number of rotatable bonds is 4. The number of ketones is 1. The second kappa shape index (κ2) is 7.21. The quantitative estimate of drug-likeness (QED) is 0.410. The van der Waals surface area contributed by atoms with E-state index in [1.807, 2.05) is 84.9 Å². The van der Waals surface area contributed by atoms with Gasteiger partial charge in [0.1, 0.15) is 0 Å². The van der Waals surface area contributed by atoms with Crippen molar-refractivity contribution in [2.24, 2.45) is 0 Å². The van der Waals surface area contributed by atoms with Gasteiger partial charge in [0.25, 0.3) is 0 Å². The molecular formula is C21H15BrO. The molecule has 0 fully saturated rings. The smallest absolute Gasteiger partial charge is 0.185 e. The Morgan fingerprint density at radius 1 is 0.783 bits per heavy atom. The number of halogens is 1. The summed E-state index contributed by atoms with van der Waals surface area (Å²) in [6, 6.07) is 25.6. The van der Waals surface area contributed by atoms with Gasteiger partial charge in [-0.2, -0.15) is 0 Å². The van der Waals surface area contributed by atoms with Gasteiger partial charge in [0.05, 0.1) is 0 Å². The minimum Gasteiger partial charge on any atom is -0.289 e. The third kappa shape index (κ3) is 4.05. The van der Waals surface area contributed by atoms with Gasteiger partial charge in [-0.3, -0.25) is 4.79 Å². The fraction of sp³-hybridized carbons (Fsp3) is 0. The van der Waals surface area contributed by atoms with Crippen LogP contribution in [0.4, 0.5) is 0 Å². The minimum absolute atomic E-state index is 0.00255. The third-order valence-electron chi connectivity index (χ3n) is 3.53. The lowest BCUT2D eigenvalue weighted by Crippen LogP contribution is -1.94. The molecule has 0 aliphatic rings. The number of hydrogen-bond donors (Lipinski definition) is 0. The zero-order valence-electron chi connectivity index (χ0n) is 12.4. The first-order chi connectivity index (χ1) is 11.2. The largest absolute Gasteiger partial charge is 0.289 e. The van der Waals surface area contributed by atoms with Gasteiger partial charge in [-0.25, -0.2) is 0 Å². The molecule has 0 aromatic heterocycles. The van der Waals surface area contributed by atoms with E-state index in [9.17, 15) is 4.79 Å². The Labute approximate surface area is 144 Å². The maximum Gasteiger partial charge on any atom is 0.185 e. The van der Waals surface area contributed by atoms with Crippen LogP contribution in [0, 0.1) is 0 Å². The highest BCUT2D eigenvalue weighted by Crippen LogP contribution is 2.20. The highest BCUT2D eigenvalue weighted by Gasteiger charge is 2.04. The molecule has 112 valence electrons. The van der Waals surface area contributed by atoms with Crippen molar-refractivity contribution in [3.63, 3.8) is 0 Å². The third-order valence-corrected chi connectivity index (χ3v) is 4.02. The van der Waals surface area contributed by atoms with Gasteiger partial charge in [-0.1, -0.05) is 82.7 Å². The first kappa shape index (κ1) is 15.4. The molecule has 0 bridgehead atoms. The first-order valence-corrected chi connectivity index (χ1v) is 8.15. The van der Waals surface area contributed by atoms with E-state index < -0.39 is 0 Å². The predicted octanol–water partition coefficient (Wildman–Crippen LogP) is 6.01. The molecule has 0 amide bonds. The van der Waals surface area contributed by atoms with E-state index in [1.54, 1.807) is 6.08 Å². The van der Waals surface area contributed by atoms with Crippen LogP contribution in [0.2, 0.25) is 0 Å². The number of carbonyl (C=O) groups is 1. The molecule has 0 spiro atoms.